The third-order valence-electron chi connectivity index (χ3n) is 4.11. The molecule has 25 heavy (non-hydrogen) atoms. The molecular formula is C20H26N2O3. The molecule has 0 aliphatic carbocycles. The molecule has 0 saturated heterocycles. The van der Waals surface area contributed by atoms with E-state index in [1.165, 1.54) is 12.5 Å². The first-order valence-electron chi connectivity index (χ1n) is 8.34. The third kappa shape index (κ3) is 5.31. The fraction of sp³-hybridized carbons (Fsp3) is 0.350. The molecule has 2 aromatic rings. The molecule has 3 N–H and O–H groups in total. The van der Waals surface area contributed by atoms with Crippen LogP contribution in [0.3, 0.4) is 0 Å². The number of benzene rings is 2. The average Bonchev–Trinajstić information content (AvgIpc) is 2.59. The topological polar surface area (TPSA) is 70.6 Å². The van der Waals surface area contributed by atoms with Crippen LogP contribution >= 0.6 is 0 Å². The van der Waals surface area contributed by atoms with Crippen LogP contribution in [0.4, 0.5) is 5.69 Å². The van der Waals surface area contributed by atoms with Crippen LogP contribution in [0.15, 0.2) is 42.5 Å². The summed E-state index contributed by atoms with van der Waals surface area (Å²) in [5.74, 6) is 0.469. The van der Waals surface area contributed by atoms with E-state index in [2.05, 4.69) is 10.6 Å². The number of aryl methyl sites for hydroxylation is 1. The van der Waals surface area contributed by atoms with E-state index in [0.717, 1.165) is 11.1 Å². The number of methoxy groups -OCH3 is 1. The molecule has 0 spiro atoms. The minimum atomic E-state index is -0.573. The highest BCUT2D eigenvalue weighted by Crippen LogP contribution is 2.28. The van der Waals surface area contributed by atoms with Gasteiger partial charge in [0.2, 0.25) is 5.91 Å². The van der Waals surface area contributed by atoms with Crippen molar-refractivity contribution in [1.82, 2.24) is 5.32 Å². The SMILES string of the molecule is COc1ccc(C(C)NCC(O)c2ccc(C)cc2)cc1NC(C)=O. The Morgan fingerprint density at radius 1 is 1.16 bits per heavy atom. The average molecular weight is 342 g/mol. The number of anilines is 1. The van der Waals surface area contributed by atoms with Crippen molar-refractivity contribution in [2.75, 3.05) is 19.0 Å². The van der Waals surface area contributed by atoms with Crippen LogP contribution in [0.5, 0.6) is 5.75 Å². The van der Waals surface area contributed by atoms with E-state index >= 15 is 0 Å². The molecule has 2 rings (SSSR count). The van der Waals surface area contributed by atoms with Crippen LogP contribution in [-0.4, -0.2) is 24.7 Å². The zero-order chi connectivity index (χ0) is 18.4. The van der Waals surface area contributed by atoms with Gasteiger partial charge in [0.15, 0.2) is 0 Å². The van der Waals surface area contributed by atoms with Crippen LogP contribution in [0, 0.1) is 6.92 Å². The quantitative estimate of drug-likeness (QED) is 0.722. The van der Waals surface area contributed by atoms with Gasteiger partial charge in [0.05, 0.1) is 18.9 Å². The first-order valence-corrected chi connectivity index (χ1v) is 8.34. The smallest absolute Gasteiger partial charge is 0.221 e. The van der Waals surface area contributed by atoms with Crippen molar-refractivity contribution < 1.29 is 14.6 Å². The second-order valence-corrected chi connectivity index (χ2v) is 6.20. The molecule has 2 atom stereocenters. The molecule has 5 nitrogen and oxygen atoms in total. The van der Waals surface area contributed by atoms with E-state index in [9.17, 15) is 9.90 Å². The van der Waals surface area contributed by atoms with Gasteiger partial charge in [-0.25, -0.2) is 0 Å². The first kappa shape index (κ1) is 19.0. The number of rotatable bonds is 7. The second-order valence-electron chi connectivity index (χ2n) is 6.20. The molecule has 2 aromatic carbocycles. The Bertz CT molecular complexity index is 713. The van der Waals surface area contributed by atoms with Crippen LogP contribution in [-0.2, 0) is 4.79 Å². The Kier molecular flexibility index (Phi) is 6.56. The molecule has 5 heteroatoms. The van der Waals surface area contributed by atoms with Gasteiger partial charge >= 0.3 is 0 Å². The largest absolute Gasteiger partial charge is 0.495 e. The van der Waals surface area contributed by atoms with E-state index in [1.807, 2.05) is 56.3 Å². The van der Waals surface area contributed by atoms with Crippen LogP contribution < -0.4 is 15.4 Å². The van der Waals surface area contributed by atoms with Crippen molar-refractivity contribution in [3.05, 3.63) is 59.2 Å². The predicted molar refractivity (Wildman–Crippen MR) is 99.9 cm³/mol. The monoisotopic (exact) mass is 342 g/mol. The maximum atomic E-state index is 11.3. The van der Waals surface area contributed by atoms with Gasteiger partial charge in [-0.3, -0.25) is 4.79 Å². The van der Waals surface area contributed by atoms with Crippen molar-refractivity contribution in [2.45, 2.75) is 32.9 Å². The third-order valence-corrected chi connectivity index (χ3v) is 4.11. The van der Waals surface area contributed by atoms with Crippen molar-refractivity contribution in [2.24, 2.45) is 0 Å². The Morgan fingerprint density at radius 2 is 1.80 bits per heavy atom. The van der Waals surface area contributed by atoms with Crippen LogP contribution in [0.2, 0.25) is 0 Å². The van der Waals surface area contributed by atoms with Crippen molar-refractivity contribution in [1.29, 1.82) is 0 Å². The lowest BCUT2D eigenvalue weighted by atomic mass is 10.0. The lowest BCUT2D eigenvalue weighted by molar-refractivity contribution is -0.114. The normalized spacial score (nSPS) is 13.2. The van der Waals surface area contributed by atoms with Crippen LogP contribution in [0.1, 0.15) is 42.7 Å². The van der Waals surface area contributed by atoms with Crippen molar-refractivity contribution in [3.63, 3.8) is 0 Å². The van der Waals surface area contributed by atoms with Gasteiger partial charge in [-0.2, -0.15) is 0 Å². The van der Waals surface area contributed by atoms with Gasteiger partial charge in [0, 0.05) is 19.5 Å². The zero-order valence-electron chi connectivity index (χ0n) is 15.2. The van der Waals surface area contributed by atoms with Gasteiger partial charge in [0.25, 0.3) is 0 Å². The van der Waals surface area contributed by atoms with Gasteiger partial charge in [-0.1, -0.05) is 35.9 Å². The molecule has 2 unspecified atom stereocenters. The summed E-state index contributed by atoms with van der Waals surface area (Å²) < 4.78 is 5.27. The number of hydrogen-bond donors (Lipinski definition) is 3. The number of aliphatic hydroxyl groups excluding tert-OH is 1. The maximum absolute atomic E-state index is 11.3. The molecule has 0 saturated carbocycles. The summed E-state index contributed by atoms with van der Waals surface area (Å²) in [7, 11) is 1.57. The number of hydrogen-bond acceptors (Lipinski definition) is 4. The summed E-state index contributed by atoms with van der Waals surface area (Å²) in [6.07, 6.45) is -0.573. The van der Waals surface area contributed by atoms with E-state index in [-0.39, 0.29) is 11.9 Å². The Labute approximate surface area is 149 Å². The summed E-state index contributed by atoms with van der Waals surface area (Å²) in [6.45, 7) is 5.94. The lowest BCUT2D eigenvalue weighted by Crippen LogP contribution is -2.24. The summed E-state index contributed by atoms with van der Waals surface area (Å²) in [5, 5.41) is 16.4. The number of carbonyl (C=O) groups is 1. The highest BCUT2D eigenvalue weighted by Gasteiger charge is 2.13. The molecule has 0 bridgehead atoms. The zero-order valence-corrected chi connectivity index (χ0v) is 15.2. The maximum Gasteiger partial charge on any atom is 0.221 e. The molecular weight excluding hydrogens is 316 g/mol. The fourth-order valence-electron chi connectivity index (χ4n) is 2.59. The standard InChI is InChI=1S/C20H26N2O3/c1-13-5-7-16(8-6-13)19(24)12-21-14(2)17-9-10-20(25-4)18(11-17)22-15(3)23/h5-11,14,19,21,24H,12H2,1-4H3,(H,22,23). The van der Waals surface area contributed by atoms with Gasteiger partial charge < -0.3 is 20.5 Å². The Balaban J connectivity index is 2.03. The highest BCUT2D eigenvalue weighted by molar-refractivity contribution is 5.90. The molecule has 0 fully saturated rings. The van der Waals surface area contributed by atoms with Gasteiger partial charge in [-0.15, -0.1) is 0 Å². The van der Waals surface area contributed by atoms with E-state index in [1.54, 1.807) is 7.11 Å². The predicted octanol–water partition coefficient (Wildman–Crippen LogP) is 3.35. The molecule has 1 amide bonds. The molecule has 0 aromatic heterocycles. The minimum Gasteiger partial charge on any atom is -0.495 e. The fourth-order valence-corrected chi connectivity index (χ4v) is 2.59. The molecule has 0 aliphatic rings. The lowest BCUT2D eigenvalue weighted by Gasteiger charge is -2.19. The molecule has 0 radical (unpaired) electrons. The summed E-state index contributed by atoms with van der Waals surface area (Å²) in [5.41, 5.74) is 3.70. The summed E-state index contributed by atoms with van der Waals surface area (Å²) in [4.78, 5) is 11.3. The Hall–Kier alpha value is -2.37. The first-order chi connectivity index (χ1) is 11.9. The Morgan fingerprint density at radius 3 is 2.40 bits per heavy atom. The summed E-state index contributed by atoms with van der Waals surface area (Å²) in [6, 6.07) is 13.5. The molecule has 134 valence electrons. The second kappa shape index (κ2) is 8.65. The van der Waals surface area contributed by atoms with Crippen molar-refractivity contribution >= 4 is 11.6 Å². The van der Waals surface area contributed by atoms with E-state index in [0.29, 0.717) is 18.0 Å². The highest BCUT2D eigenvalue weighted by atomic mass is 16.5. The molecule has 0 heterocycles. The van der Waals surface area contributed by atoms with Gasteiger partial charge in [0.1, 0.15) is 5.75 Å². The van der Waals surface area contributed by atoms with Crippen molar-refractivity contribution in [3.8, 4) is 5.75 Å². The van der Waals surface area contributed by atoms with Crippen LogP contribution in [0.25, 0.3) is 0 Å². The molecule has 0 aliphatic heterocycles. The minimum absolute atomic E-state index is 0.0125. The number of ether oxygens (including phenoxy) is 1. The number of nitrogens with one attached hydrogen (secondary N) is 2. The van der Waals surface area contributed by atoms with E-state index in [4.69, 9.17) is 4.74 Å². The number of aliphatic hydroxyl groups is 1. The van der Waals surface area contributed by atoms with Gasteiger partial charge in [-0.05, 0) is 37.1 Å². The number of carbonyl (C=O) groups excluding carboxylic acids is 1. The summed E-state index contributed by atoms with van der Waals surface area (Å²) >= 11 is 0. The number of amides is 1. The van der Waals surface area contributed by atoms with E-state index < -0.39 is 6.10 Å².